The lowest BCUT2D eigenvalue weighted by Gasteiger charge is -2.26. The largest absolute Gasteiger partial charge is 0.435 e. The Labute approximate surface area is 176 Å². The molecule has 0 spiro atoms. The summed E-state index contributed by atoms with van der Waals surface area (Å²) >= 11 is 0.940. The van der Waals surface area contributed by atoms with E-state index in [0.29, 0.717) is 21.2 Å². The molecule has 1 aliphatic heterocycles. The average Bonchev–Trinajstić information content (AvgIpc) is 3.17. The second-order valence-electron chi connectivity index (χ2n) is 6.93. The predicted molar refractivity (Wildman–Crippen MR) is 101 cm³/mol. The van der Waals surface area contributed by atoms with E-state index in [0.717, 1.165) is 35.2 Å². The van der Waals surface area contributed by atoms with Crippen LogP contribution in [0.5, 0.6) is 0 Å². The molecule has 0 saturated heterocycles. The van der Waals surface area contributed by atoms with Crippen LogP contribution in [0.2, 0.25) is 0 Å². The van der Waals surface area contributed by atoms with E-state index in [-0.39, 0.29) is 10.6 Å². The van der Waals surface area contributed by atoms with Gasteiger partial charge in [-0.1, -0.05) is 30.0 Å². The minimum atomic E-state index is -4.95. The summed E-state index contributed by atoms with van der Waals surface area (Å²) in [4.78, 5) is 4.18. The average molecular weight is 457 g/mol. The summed E-state index contributed by atoms with van der Waals surface area (Å²) < 4.78 is 80.2. The van der Waals surface area contributed by atoms with E-state index in [1.165, 1.54) is 0 Å². The van der Waals surface area contributed by atoms with Crippen LogP contribution in [0.1, 0.15) is 41.1 Å². The summed E-state index contributed by atoms with van der Waals surface area (Å²) in [6.07, 6.45) is -10.3. The van der Waals surface area contributed by atoms with E-state index in [1.807, 2.05) is 0 Å². The number of aliphatic hydroxyl groups excluding tert-OH is 1. The number of aliphatic hydroxyl groups is 1. The number of fused-ring (bicyclic) bond motifs is 2. The van der Waals surface area contributed by atoms with Crippen molar-refractivity contribution in [2.24, 2.45) is 0 Å². The van der Waals surface area contributed by atoms with Crippen LogP contribution in [0.4, 0.5) is 26.3 Å². The Morgan fingerprint density at radius 1 is 1.06 bits per heavy atom. The normalized spacial score (nSPS) is 16.1. The van der Waals surface area contributed by atoms with Crippen LogP contribution in [0.3, 0.4) is 0 Å². The Kier molecular flexibility index (Phi) is 4.93. The van der Waals surface area contributed by atoms with Gasteiger partial charge in [-0.25, -0.2) is 9.67 Å². The molecule has 0 saturated carbocycles. The van der Waals surface area contributed by atoms with Gasteiger partial charge >= 0.3 is 12.4 Å². The van der Waals surface area contributed by atoms with E-state index >= 15 is 0 Å². The lowest BCUT2D eigenvalue weighted by Crippen LogP contribution is -2.19. The summed E-state index contributed by atoms with van der Waals surface area (Å²) in [7, 11) is 0. The Hall–Kier alpha value is -2.79. The van der Waals surface area contributed by atoms with E-state index < -0.39 is 35.5 Å². The minimum Gasteiger partial charge on any atom is -0.384 e. The first kappa shape index (κ1) is 21.4. The Bertz CT molecular complexity index is 1200. The number of allylic oxidation sites excluding steroid dienone is 1. The fourth-order valence-corrected chi connectivity index (χ4v) is 4.22. The van der Waals surface area contributed by atoms with Crippen LogP contribution >= 0.6 is 11.8 Å². The molecule has 1 aromatic carbocycles. The van der Waals surface area contributed by atoms with Gasteiger partial charge < -0.3 is 5.11 Å². The minimum absolute atomic E-state index is 0.0448. The molecule has 4 nitrogen and oxygen atoms in total. The van der Waals surface area contributed by atoms with Gasteiger partial charge in [-0.3, -0.25) is 0 Å². The van der Waals surface area contributed by atoms with E-state index in [1.54, 1.807) is 25.1 Å². The van der Waals surface area contributed by atoms with Gasteiger partial charge in [0.2, 0.25) is 0 Å². The van der Waals surface area contributed by atoms with Crippen LogP contribution in [0, 0.1) is 0 Å². The first-order chi connectivity index (χ1) is 14.4. The molecule has 0 amide bonds. The van der Waals surface area contributed by atoms with Gasteiger partial charge in [0.25, 0.3) is 0 Å². The van der Waals surface area contributed by atoms with Gasteiger partial charge in [0.05, 0.1) is 5.69 Å². The van der Waals surface area contributed by atoms with Crippen LogP contribution < -0.4 is 0 Å². The monoisotopic (exact) mass is 457 g/mol. The molecule has 31 heavy (non-hydrogen) atoms. The third-order valence-corrected chi connectivity index (χ3v) is 5.80. The fraction of sp³-hybridized carbons (Fsp3) is 0.200. The summed E-state index contributed by atoms with van der Waals surface area (Å²) in [5, 5.41) is 14.0. The molecule has 0 bridgehead atoms. The molecule has 1 N–H and O–H groups in total. The second kappa shape index (κ2) is 7.13. The first-order valence-electron chi connectivity index (χ1n) is 8.77. The van der Waals surface area contributed by atoms with Crippen molar-refractivity contribution in [3.63, 3.8) is 0 Å². The molecule has 0 radical (unpaired) electrons. The fourth-order valence-electron chi connectivity index (χ4n) is 3.16. The number of halogens is 6. The molecule has 0 fully saturated rings. The van der Waals surface area contributed by atoms with E-state index in [2.05, 4.69) is 16.7 Å². The Morgan fingerprint density at radius 2 is 1.77 bits per heavy atom. The SMILES string of the molecule is C=C(C)c1ccc2c(c1)C(O)c1cc(-n3ccc(C(F)(F)F)n3)c(C(F)(F)F)nc1S2. The van der Waals surface area contributed by atoms with Crippen molar-refractivity contribution in [2.75, 3.05) is 0 Å². The van der Waals surface area contributed by atoms with Gasteiger partial charge in [-0.2, -0.15) is 31.4 Å². The summed E-state index contributed by atoms with van der Waals surface area (Å²) in [5.41, 5.74) is -1.49. The van der Waals surface area contributed by atoms with Gasteiger partial charge in [0.15, 0.2) is 11.4 Å². The molecule has 3 aromatic rings. The van der Waals surface area contributed by atoms with Crippen molar-refractivity contribution in [2.45, 2.75) is 35.3 Å². The van der Waals surface area contributed by atoms with Gasteiger partial charge in [0.1, 0.15) is 11.1 Å². The van der Waals surface area contributed by atoms with Crippen LogP contribution in [-0.2, 0) is 12.4 Å². The van der Waals surface area contributed by atoms with Crippen LogP contribution in [0.15, 0.2) is 53.0 Å². The van der Waals surface area contributed by atoms with Crippen molar-refractivity contribution in [3.05, 3.63) is 71.2 Å². The third kappa shape index (κ3) is 3.83. The molecular formula is C20H13F6N3OS. The molecule has 11 heteroatoms. The maximum Gasteiger partial charge on any atom is 0.435 e. The lowest BCUT2D eigenvalue weighted by molar-refractivity contribution is -0.141. The molecule has 4 rings (SSSR count). The van der Waals surface area contributed by atoms with Crippen molar-refractivity contribution < 1.29 is 31.4 Å². The number of hydrogen-bond donors (Lipinski definition) is 1. The summed E-state index contributed by atoms with van der Waals surface area (Å²) in [6.45, 7) is 5.60. The highest BCUT2D eigenvalue weighted by Gasteiger charge is 2.40. The van der Waals surface area contributed by atoms with Crippen molar-refractivity contribution in [1.29, 1.82) is 0 Å². The molecule has 1 aliphatic rings. The van der Waals surface area contributed by atoms with Gasteiger partial charge in [-0.05, 0) is 42.3 Å². The summed E-state index contributed by atoms with van der Waals surface area (Å²) in [5.74, 6) is 0. The predicted octanol–water partition coefficient (Wildman–Crippen LogP) is 5.88. The highest BCUT2D eigenvalue weighted by Crippen LogP contribution is 2.47. The molecule has 0 aliphatic carbocycles. The smallest absolute Gasteiger partial charge is 0.384 e. The molecule has 162 valence electrons. The zero-order chi connectivity index (χ0) is 22.7. The zero-order valence-electron chi connectivity index (χ0n) is 15.7. The zero-order valence-corrected chi connectivity index (χ0v) is 16.5. The maximum absolute atomic E-state index is 13.7. The molecular weight excluding hydrogens is 444 g/mol. The maximum atomic E-state index is 13.7. The first-order valence-corrected chi connectivity index (χ1v) is 9.59. The number of benzene rings is 1. The van der Waals surface area contributed by atoms with E-state index in [9.17, 15) is 31.4 Å². The lowest BCUT2D eigenvalue weighted by atomic mass is 9.97. The van der Waals surface area contributed by atoms with Crippen LogP contribution in [0.25, 0.3) is 11.3 Å². The Balaban J connectivity index is 1.89. The Morgan fingerprint density at radius 3 is 2.35 bits per heavy atom. The standard InChI is InChI=1S/C20H13F6N3OS/c1-9(2)10-3-4-14-11(7-10)16(30)12-8-13(17(20(24,25)26)27-18(12)31-14)29-6-5-15(28-29)19(21,22)23/h3-8,16,30H,1H2,2H3. The number of pyridine rings is 1. The number of hydrogen-bond acceptors (Lipinski definition) is 4. The van der Waals surface area contributed by atoms with Crippen molar-refractivity contribution in [3.8, 4) is 5.69 Å². The molecule has 1 atom stereocenters. The third-order valence-electron chi connectivity index (χ3n) is 4.69. The van der Waals surface area contributed by atoms with E-state index in [4.69, 9.17) is 0 Å². The second-order valence-corrected chi connectivity index (χ2v) is 7.96. The number of alkyl halides is 6. The molecule has 3 heterocycles. The summed E-state index contributed by atoms with van der Waals surface area (Å²) in [6, 6.07) is 6.60. The molecule has 1 unspecified atom stereocenters. The van der Waals surface area contributed by atoms with Crippen molar-refractivity contribution in [1.82, 2.24) is 14.8 Å². The van der Waals surface area contributed by atoms with Gasteiger partial charge in [0, 0.05) is 16.7 Å². The van der Waals surface area contributed by atoms with Gasteiger partial charge in [-0.15, -0.1) is 0 Å². The highest BCUT2D eigenvalue weighted by atomic mass is 32.2. The number of rotatable bonds is 2. The highest BCUT2D eigenvalue weighted by molar-refractivity contribution is 7.99. The molecule has 2 aromatic heterocycles. The number of nitrogens with zero attached hydrogens (tertiary/aromatic N) is 3. The quantitative estimate of drug-likeness (QED) is 0.488. The topological polar surface area (TPSA) is 50.9 Å². The van der Waals surface area contributed by atoms with Crippen LogP contribution in [-0.4, -0.2) is 19.9 Å². The van der Waals surface area contributed by atoms with Crippen molar-refractivity contribution >= 4 is 17.3 Å². The number of aromatic nitrogens is 3.